The highest BCUT2D eigenvalue weighted by molar-refractivity contribution is 5.76. The average molecular weight is 335 g/mol. The van der Waals surface area contributed by atoms with Crippen molar-refractivity contribution in [1.82, 2.24) is 5.32 Å². The van der Waals surface area contributed by atoms with Gasteiger partial charge in [-0.15, -0.1) is 0 Å². The van der Waals surface area contributed by atoms with Crippen molar-refractivity contribution in [2.75, 3.05) is 6.54 Å². The third-order valence-electron chi connectivity index (χ3n) is 6.15. The first-order valence-electron chi connectivity index (χ1n) is 9.06. The molecule has 2 fully saturated rings. The minimum absolute atomic E-state index is 0.0616. The first-order chi connectivity index (χ1) is 11.3. The van der Waals surface area contributed by atoms with Crippen molar-refractivity contribution in [1.29, 1.82) is 0 Å². The van der Waals surface area contributed by atoms with Gasteiger partial charge in [-0.05, 0) is 42.2 Å². The molecule has 3 rings (SSSR count). The van der Waals surface area contributed by atoms with E-state index in [0.717, 1.165) is 25.3 Å². The highest BCUT2D eigenvalue weighted by atomic mass is 19.1. The molecule has 0 bridgehead atoms. The normalized spacial score (nSPS) is 26.2. The minimum atomic E-state index is -0.564. The van der Waals surface area contributed by atoms with Crippen LogP contribution in [0.2, 0.25) is 0 Å². The number of hydrogen-bond donors (Lipinski definition) is 1. The monoisotopic (exact) mass is 335 g/mol. The first kappa shape index (κ1) is 17.4. The van der Waals surface area contributed by atoms with E-state index in [2.05, 4.69) is 19.2 Å². The Morgan fingerprint density at radius 3 is 2.46 bits per heavy atom. The van der Waals surface area contributed by atoms with Crippen molar-refractivity contribution < 1.29 is 13.6 Å². The molecule has 24 heavy (non-hydrogen) atoms. The molecule has 0 aliphatic heterocycles. The molecule has 0 aromatic heterocycles. The van der Waals surface area contributed by atoms with E-state index in [1.54, 1.807) is 0 Å². The van der Waals surface area contributed by atoms with Gasteiger partial charge < -0.3 is 5.32 Å². The molecule has 2 aliphatic carbocycles. The van der Waals surface area contributed by atoms with Crippen LogP contribution in [0.4, 0.5) is 8.78 Å². The Morgan fingerprint density at radius 2 is 1.88 bits per heavy atom. The highest BCUT2D eigenvalue weighted by Crippen LogP contribution is 2.64. The number of hydrogen-bond acceptors (Lipinski definition) is 1. The fourth-order valence-electron chi connectivity index (χ4n) is 4.42. The van der Waals surface area contributed by atoms with Crippen molar-refractivity contribution in [3.63, 3.8) is 0 Å². The van der Waals surface area contributed by atoms with E-state index in [1.807, 2.05) is 0 Å². The van der Waals surface area contributed by atoms with Gasteiger partial charge in [0.2, 0.25) is 5.91 Å². The number of carbonyl (C=O) groups excluding carboxylic acids is 1. The maximum absolute atomic E-state index is 14.3. The lowest BCUT2D eigenvalue weighted by atomic mass is 9.86. The Labute approximate surface area is 143 Å². The Kier molecular flexibility index (Phi) is 4.67. The van der Waals surface area contributed by atoms with Crippen LogP contribution in [-0.4, -0.2) is 12.5 Å². The van der Waals surface area contributed by atoms with E-state index in [0.29, 0.717) is 24.4 Å². The number of benzene rings is 1. The molecule has 0 saturated heterocycles. The summed E-state index contributed by atoms with van der Waals surface area (Å²) in [5, 5.41) is 3.03. The maximum atomic E-state index is 14.3. The number of nitrogens with one attached hydrogen (secondary N) is 1. The molecule has 2 nitrogen and oxygen atoms in total. The second-order valence-electron chi connectivity index (χ2n) is 8.25. The molecule has 4 heteroatoms. The van der Waals surface area contributed by atoms with E-state index in [9.17, 15) is 13.6 Å². The Bertz CT molecular complexity index is 622. The van der Waals surface area contributed by atoms with Gasteiger partial charge in [-0.3, -0.25) is 4.79 Å². The number of carbonyl (C=O) groups is 1. The van der Waals surface area contributed by atoms with Gasteiger partial charge >= 0.3 is 0 Å². The van der Waals surface area contributed by atoms with Gasteiger partial charge in [0.05, 0.1) is 0 Å². The van der Waals surface area contributed by atoms with Crippen LogP contribution in [0.5, 0.6) is 0 Å². The summed E-state index contributed by atoms with van der Waals surface area (Å²) in [6.07, 6.45) is 7.35. The lowest BCUT2D eigenvalue weighted by molar-refractivity contribution is -0.122. The van der Waals surface area contributed by atoms with Crippen LogP contribution in [0.25, 0.3) is 0 Å². The predicted molar refractivity (Wildman–Crippen MR) is 90.6 cm³/mol. The number of halogens is 2. The summed E-state index contributed by atoms with van der Waals surface area (Å²) in [5.41, 5.74) is 0.00318. The third-order valence-corrected chi connectivity index (χ3v) is 6.15. The van der Waals surface area contributed by atoms with Crippen molar-refractivity contribution in [3.8, 4) is 0 Å². The summed E-state index contributed by atoms with van der Waals surface area (Å²) in [6.45, 7) is 4.57. The lowest BCUT2D eigenvalue weighted by Gasteiger charge is -2.24. The Morgan fingerprint density at radius 1 is 1.21 bits per heavy atom. The Hall–Kier alpha value is -1.45. The van der Waals surface area contributed by atoms with Crippen LogP contribution < -0.4 is 5.32 Å². The molecule has 1 N–H and O–H groups in total. The molecular formula is C20H27F2NO. The van der Waals surface area contributed by atoms with Crippen LogP contribution in [-0.2, 0) is 10.2 Å². The van der Waals surface area contributed by atoms with Gasteiger partial charge in [-0.2, -0.15) is 0 Å². The lowest BCUT2D eigenvalue weighted by Crippen LogP contribution is -2.36. The molecule has 1 aromatic rings. The van der Waals surface area contributed by atoms with Crippen molar-refractivity contribution in [2.24, 2.45) is 11.3 Å². The van der Waals surface area contributed by atoms with Crippen LogP contribution in [0.15, 0.2) is 18.2 Å². The largest absolute Gasteiger partial charge is 0.355 e. The van der Waals surface area contributed by atoms with E-state index in [1.165, 1.54) is 31.4 Å². The number of rotatable bonds is 5. The first-order valence-corrected chi connectivity index (χ1v) is 9.06. The van der Waals surface area contributed by atoms with Gasteiger partial charge in [0.25, 0.3) is 0 Å². The molecule has 0 spiro atoms. The minimum Gasteiger partial charge on any atom is -0.355 e. The number of amides is 1. The summed E-state index contributed by atoms with van der Waals surface area (Å²) in [5.74, 6) is -0.524. The van der Waals surface area contributed by atoms with Crippen LogP contribution in [0.1, 0.15) is 64.4 Å². The molecule has 0 radical (unpaired) electrons. The van der Waals surface area contributed by atoms with Crippen molar-refractivity contribution in [3.05, 3.63) is 35.4 Å². The summed E-state index contributed by atoms with van der Waals surface area (Å²) >= 11 is 0. The smallest absolute Gasteiger partial charge is 0.220 e. The van der Waals surface area contributed by atoms with Crippen molar-refractivity contribution >= 4 is 5.91 Å². The van der Waals surface area contributed by atoms with Gasteiger partial charge in [0, 0.05) is 24.4 Å². The Balaban J connectivity index is 1.65. The second kappa shape index (κ2) is 6.45. The summed E-state index contributed by atoms with van der Waals surface area (Å²) in [7, 11) is 0. The predicted octanol–water partition coefficient (Wildman–Crippen LogP) is 4.72. The maximum Gasteiger partial charge on any atom is 0.220 e. The van der Waals surface area contributed by atoms with Gasteiger partial charge in [-0.1, -0.05) is 39.2 Å². The summed E-state index contributed by atoms with van der Waals surface area (Å²) < 4.78 is 27.5. The van der Waals surface area contributed by atoms with Crippen LogP contribution in [0.3, 0.4) is 0 Å². The quantitative estimate of drug-likeness (QED) is 0.829. The molecule has 1 atom stereocenters. The van der Waals surface area contributed by atoms with Gasteiger partial charge in [0.1, 0.15) is 11.6 Å². The fourth-order valence-corrected chi connectivity index (χ4v) is 4.42. The van der Waals surface area contributed by atoms with Crippen molar-refractivity contribution in [2.45, 2.75) is 64.2 Å². The second-order valence-corrected chi connectivity index (χ2v) is 8.25. The van der Waals surface area contributed by atoms with E-state index < -0.39 is 17.0 Å². The zero-order valence-corrected chi connectivity index (χ0v) is 14.6. The highest BCUT2D eigenvalue weighted by Gasteiger charge is 2.62. The van der Waals surface area contributed by atoms with Crippen LogP contribution >= 0.6 is 0 Å². The third kappa shape index (κ3) is 3.33. The summed E-state index contributed by atoms with van der Waals surface area (Å²) in [6, 6.07) is 3.78. The zero-order valence-electron chi connectivity index (χ0n) is 14.6. The standard InChI is InChI=1S/C20H27F2NO/c1-19(2)12-20(19,16-9-8-15(21)11-17(16)22)13-23-18(24)10-14-6-4-3-5-7-14/h8-9,11,14H,3-7,10,12-13H2,1-2H3,(H,23,24). The topological polar surface area (TPSA) is 29.1 Å². The molecule has 1 amide bonds. The molecular weight excluding hydrogens is 308 g/mol. The fraction of sp³-hybridized carbons (Fsp3) is 0.650. The molecule has 132 valence electrons. The van der Waals surface area contributed by atoms with E-state index >= 15 is 0 Å². The van der Waals surface area contributed by atoms with Gasteiger partial charge in [0.15, 0.2) is 0 Å². The molecule has 1 aromatic carbocycles. The average Bonchev–Trinajstić information content (AvgIpc) is 3.08. The zero-order chi connectivity index (χ0) is 17.4. The summed E-state index contributed by atoms with van der Waals surface area (Å²) in [4.78, 5) is 12.3. The van der Waals surface area contributed by atoms with Gasteiger partial charge in [-0.25, -0.2) is 8.78 Å². The molecule has 0 heterocycles. The van der Waals surface area contributed by atoms with E-state index in [-0.39, 0.29) is 11.3 Å². The SMILES string of the molecule is CC1(C)CC1(CNC(=O)CC1CCCCC1)c1ccc(F)cc1F. The molecule has 1 unspecified atom stereocenters. The van der Waals surface area contributed by atoms with E-state index in [4.69, 9.17) is 0 Å². The molecule has 2 aliphatic rings. The molecule has 2 saturated carbocycles. The van der Waals surface area contributed by atoms with Crippen LogP contribution in [0, 0.1) is 23.0 Å².